The third-order valence-corrected chi connectivity index (χ3v) is 11.8. The second-order valence-electron chi connectivity index (χ2n) is 12.0. The number of benzene rings is 6. The summed E-state index contributed by atoms with van der Waals surface area (Å²) in [5, 5.41) is 26.4. The Labute approximate surface area is 297 Å². The van der Waals surface area contributed by atoms with Gasteiger partial charge in [-0.1, -0.05) is 72.8 Å². The number of hydrogen-bond donors (Lipinski definition) is 2. The summed E-state index contributed by atoms with van der Waals surface area (Å²) in [4.78, 5) is 17.7. The first kappa shape index (κ1) is 30.3. The monoisotopic (exact) mass is 701 g/mol. The summed E-state index contributed by atoms with van der Waals surface area (Å²) < 4.78 is 3.86. The Morgan fingerprint density at radius 2 is 1.14 bits per heavy atom. The number of nitro groups is 1. The first-order valence-electron chi connectivity index (χ1n) is 16.1. The summed E-state index contributed by atoms with van der Waals surface area (Å²) >= 11 is 5.24. The lowest BCUT2D eigenvalue weighted by Gasteiger charge is -2.03. The highest BCUT2D eigenvalue weighted by atomic mass is 32.1. The minimum absolute atomic E-state index is 0.147. The fourth-order valence-corrected chi connectivity index (χ4v) is 9.19. The Morgan fingerprint density at radius 1 is 0.500 bits per heavy atom. The molecule has 5 nitrogen and oxygen atoms in total. The predicted octanol–water partition coefficient (Wildman–Crippen LogP) is 13.5. The van der Waals surface area contributed by atoms with Gasteiger partial charge in [0.15, 0.2) is 0 Å². The fourth-order valence-electron chi connectivity index (χ4n) is 6.65. The fraction of sp³-hybridized carbons (Fsp3) is 0. The zero-order valence-electron chi connectivity index (χ0n) is 26.4. The maximum absolute atomic E-state index is 11.0. The van der Waals surface area contributed by atoms with Crippen LogP contribution in [0.5, 0.6) is 0 Å². The summed E-state index contributed by atoms with van der Waals surface area (Å²) in [7, 11) is 0. The topological polar surface area (TPSA) is 74.7 Å². The van der Waals surface area contributed by atoms with E-state index in [4.69, 9.17) is 0 Å². The Hall–Kier alpha value is -5.80. The van der Waals surface area contributed by atoms with Crippen molar-refractivity contribution in [2.75, 3.05) is 0 Å². The second kappa shape index (κ2) is 12.6. The minimum atomic E-state index is -0.339. The predicted molar refractivity (Wildman–Crippen MR) is 216 cm³/mol. The molecule has 240 valence electrons. The Bertz CT molecular complexity index is 2980. The molecule has 11 rings (SSSR count). The van der Waals surface area contributed by atoms with E-state index in [1.54, 1.807) is 46.1 Å². The maximum Gasteiger partial charge on any atom is 0.277 e. The molecule has 6 aromatic carbocycles. The van der Waals surface area contributed by atoms with E-state index in [2.05, 4.69) is 106 Å². The molecule has 0 saturated carbocycles. The van der Waals surface area contributed by atoms with E-state index in [-0.39, 0.29) is 10.6 Å². The third-order valence-electron chi connectivity index (χ3n) is 9.05. The number of H-pyrrole nitrogens is 2. The summed E-state index contributed by atoms with van der Waals surface area (Å²) in [6, 6.07) is 45.0. The molecule has 8 heteroatoms. The quantitative estimate of drug-likeness (QED) is 0.139. The van der Waals surface area contributed by atoms with E-state index in [1.807, 2.05) is 35.7 Å². The molecule has 11 aromatic rings. The number of nitro benzene ring substituents is 1. The van der Waals surface area contributed by atoms with Gasteiger partial charge in [0.2, 0.25) is 0 Å². The van der Waals surface area contributed by atoms with Gasteiger partial charge in [0.25, 0.3) is 5.69 Å². The van der Waals surface area contributed by atoms with Crippen LogP contribution >= 0.6 is 34.0 Å². The van der Waals surface area contributed by atoms with Crippen LogP contribution in [0.2, 0.25) is 0 Å². The zero-order valence-corrected chi connectivity index (χ0v) is 28.9. The van der Waals surface area contributed by atoms with Gasteiger partial charge in [-0.3, -0.25) is 10.1 Å². The van der Waals surface area contributed by atoms with Gasteiger partial charge in [0.05, 0.1) is 20.7 Å². The number of hydrogen-bond acceptors (Lipinski definition) is 5. The van der Waals surface area contributed by atoms with Crippen LogP contribution in [0.15, 0.2) is 150 Å². The molecule has 0 spiro atoms. The first-order valence-corrected chi connectivity index (χ1v) is 18.7. The van der Waals surface area contributed by atoms with E-state index < -0.39 is 0 Å². The molecule has 0 fully saturated rings. The number of nitrogens with one attached hydrogen (secondary N) is 2. The molecular formula is C42H27N3O2S3. The number of thiophene rings is 3. The summed E-state index contributed by atoms with van der Waals surface area (Å²) in [5.74, 6) is 0. The van der Waals surface area contributed by atoms with Gasteiger partial charge in [0, 0.05) is 53.6 Å². The van der Waals surface area contributed by atoms with E-state index in [0.717, 1.165) is 10.3 Å². The zero-order chi connectivity index (χ0) is 33.6. The molecule has 0 aliphatic rings. The first-order chi connectivity index (χ1) is 24.6. The van der Waals surface area contributed by atoms with Gasteiger partial charge < -0.3 is 9.97 Å². The van der Waals surface area contributed by atoms with Crippen LogP contribution in [0.1, 0.15) is 0 Å². The lowest BCUT2D eigenvalue weighted by atomic mass is 10.0. The number of aromatic amines is 2. The largest absolute Gasteiger partial charge is 0.354 e. The Morgan fingerprint density at radius 3 is 1.96 bits per heavy atom. The third kappa shape index (κ3) is 5.40. The normalized spacial score (nSPS) is 11.4. The minimum Gasteiger partial charge on any atom is -0.354 e. The van der Waals surface area contributed by atoms with Crippen LogP contribution in [-0.2, 0) is 0 Å². The number of nitrogens with zero attached hydrogens (tertiary/aromatic N) is 1. The summed E-state index contributed by atoms with van der Waals surface area (Å²) in [6.45, 7) is 0. The van der Waals surface area contributed by atoms with E-state index in [1.165, 1.54) is 75.2 Å². The van der Waals surface area contributed by atoms with Crippen LogP contribution in [0.3, 0.4) is 0 Å². The van der Waals surface area contributed by atoms with Crippen LogP contribution in [0.25, 0.3) is 85.0 Å². The highest BCUT2D eigenvalue weighted by Crippen LogP contribution is 2.35. The smallest absolute Gasteiger partial charge is 0.277 e. The van der Waals surface area contributed by atoms with Crippen molar-refractivity contribution in [2.45, 2.75) is 0 Å². The van der Waals surface area contributed by atoms with Gasteiger partial charge in [0.1, 0.15) is 0 Å². The molecule has 0 radical (unpaired) electrons. The molecule has 0 bridgehead atoms. The van der Waals surface area contributed by atoms with Crippen LogP contribution in [-0.4, -0.2) is 14.9 Å². The van der Waals surface area contributed by atoms with Crippen molar-refractivity contribution in [3.8, 4) is 11.1 Å². The molecule has 0 aliphatic heterocycles. The molecule has 5 heterocycles. The second-order valence-corrected chi connectivity index (χ2v) is 14.8. The van der Waals surface area contributed by atoms with E-state index in [0.29, 0.717) is 5.56 Å². The standard InChI is InChI=1S/C14H9NO2S.2C14H9NS/c16-15(17)13-4-2-1-3-12(13)11-6-5-10-7-8-18-14(10)9-11;1-2-4-12-10(3-1)11-8-14-9(5-6-16-14)7-13(11)15-12;1-2-4-12-10(3-1)11-6-5-9-7-8-16-14(9)13(11)15-12/h1-9H;2*1-8,15H. The average Bonchev–Trinajstić information content (AvgIpc) is 3.99. The van der Waals surface area contributed by atoms with Gasteiger partial charge in [-0.2, -0.15) is 0 Å². The van der Waals surface area contributed by atoms with Crippen molar-refractivity contribution in [1.29, 1.82) is 0 Å². The molecule has 5 aromatic heterocycles. The molecule has 2 N–H and O–H groups in total. The van der Waals surface area contributed by atoms with Crippen LogP contribution < -0.4 is 0 Å². The van der Waals surface area contributed by atoms with Gasteiger partial charge in [-0.15, -0.1) is 34.0 Å². The molecular weight excluding hydrogens is 675 g/mol. The molecule has 0 amide bonds. The lowest BCUT2D eigenvalue weighted by molar-refractivity contribution is -0.384. The average molecular weight is 702 g/mol. The Balaban J connectivity index is 0.000000101. The molecule has 0 atom stereocenters. The summed E-state index contributed by atoms with van der Waals surface area (Å²) in [6.07, 6.45) is 0. The maximum atomic E-state index is 11.0. The van der Waals surface area contributed by atoms with Crippen LogP contribution in [0, 0.1) is 10.1 Å². The number of fused-ring (bicyclic) bond motifs is 10. The number of para-hydroxylation sites is 3. The highest BCUT2D eigenvalue weighted by molar-refractivity contribution is 7.18. The molecule has 50 heavy (non-hydrogen) atoms. The van der Waals surface area contributed by atoms with Crippen molar-refractivity contribution >= 4 is 114 Å². The van der Waals surface area contributed by atoms with Crippen molar-refractivity contribution in [3.63, 3.8) is 0 Å². The molecule has 0 unspecified atom stereocenters. The van der Waals surface area contributed by atoms with Gasteiger partial charge in [-0.25, -0.2) is 0 Å². The SMILES string of the molecule is O=[N+]([O-])c1ccccc1-c1ccc2ccsc2c1.c1ccc2c(c1)[nH]c1c2ccc2ccsc21.c1ccc2c(c1)[nH]c1cc3ccsc3cc12. The summed E-state index contributed by atoms with van der Waals surface area (Å²) in [5.41, 5.74) is 6.64. The van der Waals surface area contributed by atoms with Crippen molar-refractivity contribution < 1.29 is 4.92 Å². The number of aromatic nitrogens is 2. The molecule has 0 saturated heterocycles. The van der Waals surface area contributed by atoms with E-state index in [9.17, 15) is 10.1 Å². The highest BCUT2D eigenvalue weighted by Gasteiger charge is 2.14. The Kier molecular flexibility index (Phi) is 7.62. The molecule has 0 aliphatic carbocycles. The van der Waals surface area contributed by atoms with Crippen molar-refractivity contribution in [2.24, 2.45) is 0 Å². The van der Waals surface area contributed by atoms with E-state index >= 15 is 0 Å². The van der Waals surface area contributed by atoms with Gasteiger partial charge in [-0.05, 0) is 92.5 Å². The van der Waals surface area contributed by atoms with Crippen molar-refractivity contribution in [1.82, 2.24) is 9.97 Å². The van der Waals surface area contributed by atoms with Crippen molar-refractivity contribution in [3.05, 3.63) is 160 Å². The lowest BCUT2D eigenvalue weighted by Crippen LogP contribution is -1.91. The van der Waals surface area contributed by atoms with Crippen LogP contribution in [0.4, 0.5) is 5.69 Å². The number of rotatable bonds is 2. The van der Waals surface area contributed by atoms with Gasteiger partial charge >= 0.3 is 0 Å².